The maximum absolute atomic E-state index is 9.74. The second kappa shape index (κ2) is 21.1. The molecule has 0 radical (unpaired) electrons. The predicted octanol–water partition coefficient (Wildman–Crippen LogP) is 21.1. The summed E-state index contributed by atoms with van der Waals surface area (Å²) in [6.45, 7) is 32.7. The highest BCUT2D eigenvalue weighted by Gasteiger charge is 2.28. The number of rotatable bonds is 9. The molecule has 5 nitrogen and oxygen atoms in total. The fourth-order valence-corrected chi connectivity index (χ4v) is 11.3. The van der Waals surface area contributed by atoms with Gasteiger partial charge in [-0.05, 0) is 166 Å². The van der Waals surface area contributed by atoms with Gasteiger partial charge in [0.15, 0.2) is 0 Å². The number of pyridine rings is 1. The lowest BCUT2D eigenvalue weighted by Crippen LogP contribution is -2.31. The Morgan fingerprint density at radius 1 is 0.412 bits per heavy atom. The molecule has 0 aliphatic carbocycles. The average Bonchev–Trinajstić information content (AvgIpc) is 1.51. The van der Waals surface area contributed by atoms with Crippen molar-refractivity contribution >= 4 is 32.8 Å². The summed E-state index contributed by atoms with van der Waals surface area (Å²) in [6.07, 6.45) is 5.66. The van der Waals surface area contributed by atoms with Crippen LogP contribution in [0.5, 0.6) is 11.5 Å². The number of benzene rings is 9. The summed E-state index contributed by atoms with van der Waals surface area (Å²) < 4.78 is 105. The van der Waals surface area contributed by atoms with E-state index in [1.807, 2.05) is 69.9 Å². The SMILES string of the molecule is [2H]c1c([2H])c([2H])c(-c2cc(-c3cc(C(C)(C)C)cc(C(C)(C)C)c3)c(-[n+]3[c-]n(-c4cccc(Oc5ccc6c7ccccc7n(-c7cc(C(C)(C)C)ccn7)c6c5)c4)c4cc(-c5cc(C(C)(C)C)cc(C(C)(C)C)c5)ccc43)c(-c3c([2H])c([2H])c([2H])c([2H])c3[2H])c2)c([2H])c1[2H]. The standard InChI is InChI=1S/C80H80N4O/c1-76(2,3)58-37-38-81-74(48-58)84-70-32-23-22-31-66(70)67-35-34-65(50-72(67)84)85-64-30-24-29-63(49-64)82-51-83(71-36-33-54(45-73(71)82)55-39-59(77(4,5)6)46-60(40-55)78(7,8)9)75-68(53-27-20-17-21-28-53)43-56(52-25-18-16-19-26-52)44-69(75)57-41-61(79(10,11)12)47-62(42-57)80(13,14)15/h16-50H,1-15H3/i16D,17D,18D,19D,20D,21D,25D,26D,27D,28D. The average molecular weight is 1120 g/mol. The van der Waals surface area contributed by atoms with Crippen LogP contribution in [0.4, 0.5) is 0 Å². The molecule has 0 fully saturated rings. The van der Waals surface area contributed by atoms with Crippen LogP contribution in [0, 0.1) is 6.33 Å². The van der Waals surface area contributed by atoms with E-state index in [2.05, 4.69) is 200 Å². The maximum Gasteiger partial charge on any atom is 0.269 e. The number of nitrogens with zero attached hydrogens (tertiary/aromatic N) is 4. The molecule has 0 N–H and O–H groups in total. The van der Waals surface area contributed by atoms with Gasteiger partial charge in [0.05, 0.1) is 47.1 Å². The molecular formula is C80H80N4O. The summed E-state index contributed by atoms with van der Waals surface area (Å²) in [6, 6.07) is 44.1. The minimum atomic E-state index is -0.583. The second-order valence-electron chi connectivity index (χ2n) is 27.8. The first kappa shape index (κ1) is 45.6. The number of fused-ring (bicyclic) bond motifs is 4. The number of hydrogen-bond donors (Lipinski definition) is 0. The van der Waals surface area contributed by atoms with Gasteiger partial charge < -0.3 is 4.74 Å². The Bertz CT molecular complexity index is 5020. The number of imidazole rings is 1. The third-order valence-corrected chi connectivity index (χ3v) is 16.3. The first-order valence-corrected chi connectivity index (χ1v) is 29.3. The number of hydrogen-bond acceptors (Lipinski definition) is 2. The van der Waals surface area contributed by atoms with E-state index in [4.69, 9.17) is 15.2 Å². The molecule has 85 heavy (non-hydrogen) atoms. The summed E-state index contributed by atoms with van der Waals surface area (Å²) in [4.78, 5) is 4.92. The first-order valence-electron chi connectivity index (χ1n) is 34.3. The molecule has 0 saturated carbocycles. The molecule has 0 spiro atoms. The smallest absolute Gasteiger partial charge is 0.269 e. The van der Waals surface area contributed by atoms with Gasteiger partial charge in [-0.15, -0.1) is 0 Å². The fraction of sp³-hybridized carbons (Fsp3) is 0.250. The Labute approximate surface area is 518 Å². The summed E-state index contributed by atoms with van der Waals surface area (Å²) in [5, 5.41) is 2.13. The summed E-state index contributed by atoms with van der Waals surface area (Å²) >= 11 is 0. The Hall–Kier alpha value is -8.80. The van der Waals surface area contributed by atoms with Crippen molar-refractivity contribution in [1.29, 1.82) is 0 Å². The van der Waals surface area contributed by atoms with Crippen molar-refractivity contribution in [3.8, 4) is 73.2 Å². The molecule has 12 rings (SSSR count). The Morgan fingerprint density at radius 2 is 0.953 bits per heavy atom. The summed E-state index contributed by atoms with van der Waals surface area (Å²) in [7, 11) is 0. The Morgan fingerprint density at radius 3 is 1.56 bits per heavy atom. The molecule has 0 aliphatic heterocycles. The fourth-order valence-electron chi connectivity index (χ4n) is 11.3. The molecule has 0 unspecified atom stereocenters. The van der Waals surface area contributed by atoms with Crippen LogP contribution in [0.15, 0.2) is 212 Å². The van der Waals surface area contributed by atoms with Crippen molar-refractivity contribution in [3.05, 3.63) is 246 Å². The molecule has 12 aromatic rings. The van der Waals surface area contributed by atoms with Crippen LogP contribution < -0.4 is 9.30 Å². The molecule has 3 aromatic heterocycles. The normalized spacial score (nSPS) is 14.3. The van der Waals surface area contributed by atoms with Gasteiger partial charge in [-0.2, -0.15) is 0 Å². The number of para-hydroxylation sites is 1. The van der Waals surface area contributed by atoms with Gasteiger partial charge in [0.1, 0.15) is 17.3 Å². The highest BCUT2D eigenvalue weighted by molar-refractivity contribution is 6.09. The van der Waals surface area contributed by atoms with Crippen molar-refractivity contribution in [2.24, 2.45) is 0 Å². The monoisotopic (exact) mass is 1120 g/mol. The molecule has 0 saturated heterocycles. The summed E-state index contributed by atoms with van der Waals surface area (Å²) in [5.74, 6) is 1.92. The van der Waals surface area contributed by atoms with E-state index < -0.39 is 71.3 Å². The molecule has 0 bridgehead atoms. The van der Waals surface area contributed by atoms with Gasteiger partial charge in [0.2, 0.25) is 0 Å². The second-order valence-corrected chi connectivity index (χ2v) is 27.8. The van der Waals surface area contributed by atoms with Crippen molar-refractivity contribution in [3.63, 3.8) is 0 Å². The largest absolute Gasteiger partial charge is 0.458 e. The van der Waals surface area contributed by atoms with E-state index >= 15 is 0 Å². The van der Waals surface area contributed by atoms with E-state index in [9.17, 15) is 8.22 Å². The van der Waals surface area contributed by atoms with E-state index in [0.717, 1.165) is 55.4 Å². The number of aromatic nitrogens is 4. The van der Waals surface area contributed by atoms with Crippen molar-refractivity contribution in [1.82, 2.24) is 14.1 Å². The van der Waals surface area contributed by atoms with Gasteiger partial charge in [0.25, 0.3) is 6.33 Å². The number of ether oxygens (including phenoxy) is 1. The van der Waals surface area contributed by atoms with Crippen LogP contribution in [-0.2, 0) is 27.1 Å². The van der Waals surface area contributed by atoms with Gasteiger partial charge in [-0.25, -0.2) is 4.98 Å². The van der Waals surface area contributed by atoms with E-state index in [1.165, 1.54) is 11.1 Å². The van der Waals surface area contributed by atoms with E-state index in [0.29, 0.717) is 45.0 Å². The minimum absolute atomic E-state index is 0.113. The molecule has 9 aromatic carbocycles. The molecular weight excluding hydrogens is 1030 g/mol. The quantitative estimate of drug-likeness (QED) is 0.107. The molecule has 3 heterocycles. The lowest BCUT2D eigenvalue weighted by atomic mass is 9.78. The van der Waals surface area contributed by atoms with Gasteiger partial charge >= 0.3 is 0 Å². The Kier molecular flexibility index (Phi) is 11.3. The van der Waals surface area contributed by atoms with Crippen molar-refractivity contribution < 1.29 is 23.0 Å². The van der Waals surface area contributed by atoms with Crippen LogP contribution >= 0.6 is 0 Å². The lowest BCUT2D eigenvalue weighted by molar-refractivity contribution is -0.571. The highest BCUT2D eigenvalue weighted by Crippen LogP contribution is 2.44. The molecule has 0 aliphatic rings. The lowest BCUT2D eigenvalue weighted by Gasteiger charge is -2.27. The van der Waals surface area contributed by atoms with Crippen LogP contribution in [0.25, 0.3) is 94.5 Å². The van der Waals surface area contributed by atoms with Gasteiger partial charge in [0, 0.05) is 23.0 Å². The predicted molar refractivity (Wildman–Crippen MR) is 358 cm³/mol. The Balaban J connectivity index is 1.18. The van der Waals surface area contributed by atoms with Gasteiger partial charge in [-0.1, -0.05) is 237 Å². The molecule has 5 heteroatoms. The van der Waals surface area contributed by atoms with Gasteiger partial charge in [-0.3, -0.25) is 13.7 Å². The van der Waals surface area contributed by atoms with Crippen molar-refractivity contribution in [2.75, 3.05) is 0 Å². The van der Waals surface area contributed by atoms with Crippen LogP contribution in [0.1, 0.15) is 145 Å². The van der Waals surface area contributed by atoms with Crippen LogP contribution in [-0.4, -0.2) is 14.1 Å². The zero-order chi connectivity index (χ0) is 68.7. The third-order valence-electron chi connectivity index (χ3n) is 16.3. The topological polar surface area (TPSA) is 35.9 Å². The molecule has 0 atom stereocenters. The van der Waals surface area contributed by atoms with E-state index in [-0.39, 0.29) is 38.5 Å². The van der Waals surface area contributed by atoms with E-state index in [1.54, 1.807) is 6.07 Å². The third kappa shape index (κ3) is 11.1. The highest BCUT2D eigenvalue weighted by atomic mass is 16.5. The van der Waals surface area contributed by atoms with Crippen LogP contribution in [0.3, 0.4) is 0 Å². The summed E-state index contributed by atoms with van der Waals surface area (Å²) in [5.41, 5.74) is 11.6. The maximum atomic E-state index is 9.74. The van der Waals surface area contributed by atoms with Crippen LogP contribution in [0.2, 0.25) is 0 Å². The first-order chi connectivity index (χ1) is 44.4. The molecule has 426 valence electrons. The van der Waals surface area contributed by atoms with Crippen molar-refractivity contribution in [2.45, 2.75) is 131 Å². The minimum Gasteiger partial charge on any atom is -0.458 e. The zero-order valence-corrected chi connectivity index (χ0v) is 51.6. The molecule has 0 amide bonds. The zero-order valence-electron chi connectivity index (χ0n) is 61.6.